The lowest BCUT2D eigenvalue weighted by Crippen LogP contribution is -2.15. The zero-order chi connectivity index (χ0) is 24.3. The number of rotatable bonds is 18. The molecule has 0 aliphatic rings. The number of unbranched alkanes of at least 4 members (excludes halogenated alkanes) is 12. The molecule has 0 fully saturated rings. The Morgan fingerprint density at radius 1 is 0.618 bits per heavy atom. The van der Waals surface area contributed by atoms with Crippen LogP contribution in [-0.2, 0) is 4.79 Å². The molecular formula is C32H45NO. The maximum Gasteiger partial charge on any atom is 0.248 e. The normalized spacial score (nSPS) is 12.1. The minimum absolute atomic E-state index is 0.360. The van der Waals surface area contributed by atoms with Gasteiger partial charge in [0.15, 0.2) is 0 Å². The molecule has 0 saturated heterocycles. The van der Waals surface area contributed by atoms with Crippen molar-refractivity contribution in [3.8, 4) is 0 Å². The van der Waals surface area contributed by atoms with E-state index in [-0.39, 0.29) is 5.91 Å². The molecule has 184 valence electrons. The number of primary amides is 1. The SMILES string of the molecule is CCCCCCCCCCCCCCCC(=C\c1ccccc1)/C(=C/c1ccccc1)C(N)=O. The van der Waals surface area contributed by atoms with Gasteiger partial charge in [-0.15, -0.1) is 0 Å². The van der Waals surface area contributed by atoms with E-state index in [4.69, 9.17) is 5.73 Å². The highest BCUT2D eigenvalue weighted by atomic mass is 16.1. The number of benzene rings is 2. The predicted octanol–water partition coefficient (Wildman–Crippen LogP) is 9.12. The molecule has 2 aromatic rings. The molecule has 2 rings (SSSR count). The highest BCUT2D eigenvalue weighted by molar-refractivity contribution is 6.02. The average molecular weight is 460 g/mol. The van der Waals surface area contributed by atoms with Crippen LogP contribution in [0.1, 0.15) is 108 Å². The van der Waals surface area contributed by atoms with Crippen LogP contribution < -0.4 is 5.73 Å². The number of hydrogen-bond donors (Lipinski definition) is 1. The third-order valence-corrected chi connectivity index (χ3v) is 6.41. The van der Waals surface area contributed by atoms with Gasteiger partial charge in [0, 0.05) is 5.57 Å². The van der Waals surface area contributed by atoms with Crippen LogP contribution in [0.5, 0.6) is 0 Å². The summed E-state index contributed by atoms with van der Waals surface area (Å²) in [6.45, 7) is 2.28. The van der Waals surface area contributed by atoms with Crippen molar-refractivity contribution < 1.29 is 4.79 Å². The van der Waals surface area contributed by atoms with E-state index >= 15 is 0 Å². The Morgan fingerprint density at radius 2 is 1.03 bits per heavy atom. The molecule has 2 heteroatoms. The van der Waals surface area contributed by atoms with Gasteiger partial charge in [-0.1, -0.05) is 151 Å². The Bertz CT molecular complexity index is 851. The first-order valence-corrected chi connectivity index (χ1v) is 13.5. The number of hydrogen-bond acceptors (Lipinski definition) is 1. The van der Waals surface area contributed by atoms with Crippen molar-refractivity contribution in [2.75, 3.05) is 0 Å². The molecule has 0 aliphatic heterocycles. The van der Waals surface area contributed by atoms with E-state index in [2.05, 4.69) is 25.1 Å². The molecule has 0 heterocycles. The van der Waals surface area contributed by atoms with Crippen LogP contribution in [0, 0.1) is 0 Å². The second-order valence-corrected chi connectivity index (χ2v) is 9.41. The van der Waals surface area contributed by atoms with E-state index in [9.17, 15) is 4.79 Å². The van der Waals surface area contributed by atoms with E-state index in [0.29, 0.717) is 5.57 Å². The molecule has 0 spiro atoms. The van der Waals surface area contributed by atoms with Gasteiger partial charge in [-0.25, -0.2) is 0 Å². The fourth-order valence-electron chi connectivity index (χ4n) is 4.41. The molecule has 1 amide bonds. The van der Waals surface area contributed by atoms with Crippen molar-refractivity contribution in [3.63, 3.8) is 0 Å². The molecule has 0 bridgehead atoms. The predicted molar refractivity (Wildman–Crippen MR) is 148 cm³/mol. The highest BCUT2D eigenvalue weighted by Crippen LogP contribution is 2.24. The largest absolute Gasteiger partial charge is 0.366 e. The van der Waals surface area contributed by atoms with Crippen LogP contribution in [0.25, 0.3) is 12.2 Å². The fourth-order valence-corrected chi connectivity index (χ4v) is 4.41. The van der Waals surface area contributed by atoms with E-state index in [1.165, 1.54) is 77.0 Å². The van der Waals surface area contributed by atoms with Gasteiger partial charge in [-0.3, -0.25) is 4.79 Å². The maximum atomic E-state index is 12.4. The molecule has 0 atom stereocenters. The lowest BCUT2D eigenvalue weighted by Gasteiger charge is -2.11. The van der Waals surface area contributed by atoms with Crippen LogP contribution in [0.2, 0.25) is 0 Å². The van der Waals surface area contributed by atoms with E-state index in [1.807, 2.05) is 54.6 Å². The minimum atomic E-state index is -0.360. The second kappa shape index (κ2) is 17.8. The van der Waals surface area contributed by atoms with Gasteiger partial charge < -0.3 is 5.73 Å². The summed E-state index contributed by atoms with van der Waals surface area (Å²) in [6, 6.07) is 20.2. The van der Waals surface area contributed by atoms with Gasteiger partial charge in [-0.05, 0) is 35.6 Å². The molecule has 0 aliphatic carbocycles. The van der Waals surface area contributed by atoms with Crippen LogP contribution in [-0.4, -0.2) is 5.91 Å². The lowest BCUT2D eigenvalue weighted by molar-refractivity contribution is -0.114. The van der Waals surface area contributed by atoms with E-state index in [1.54, 1.807) is 0 Å². The van der Waals surface area contributed by atoms with Crippen molar-refractivity contribution >= 4 is 18.1 Å². The van der Waals surface area contributed by atoms with Crippen LogP contribution in [0.15, 0.2) is 71.8 Å². The lowest BCUT2D eigenvalue weighted by atomic mass is 9.94. The summed E-state index contributed by atoms with van der Waals surface area (Å²) in [5, 5.41) is 0. The summed E-state index contributed by atoms with van der Waals surface area (Å²) in [7, 11) is 0. The molecule has 2 aromatic carbocycles. The summed E-state index contributed by atoms with van der Waals surface area (Å²) >= 11 is 0. The molecular weight excluding hydrogens is 414 g/mol. The quantitative estimate of drug-likeness (QED) is 0.135. The van der Waals surface area contributed by atoms with Gasteiger partial charge in [0.25, 0.3) is 0 Å². The summed E-state index contributed by atoms with van der Waals surface area (Å²) < 4.78 is 0. The summed E-state index contributed by atoms with van der Waals surface area (Å²) in [5.41, 5.74) is 9.59. The molecule has 0 saturated carbocycles. The Balaban J connectivity index is 1.82. The van der Waals surface area contributed by atoms with Crippen LogP contribution in [0.3, 0.4) is 0 Å². The maximum absolute atomic E-state index is 12.4. The van der Waals surface area contributed by atoms with Crippen molar-refractivity contribution in [2.45, 2.75) is 96.8 Å². The number of amides is 1. The average Bonchev–Trinajstić information content (AvgIpc) is 2.86. The Labute approximate surface area is 208 Å². The highest BCUT2D eigenvalue weighted by Gasteiger charge is 2.12. The van der Waals surface area contributed by atoms with E-state index < -0.39 is 0 Å². The number of carbonyl (C=O) groups excluding carboxylic acids is 1. The van der Waals surface area contributed by atoms with Crippen LogP contribution >= 0.6 is 0 Å². The topological polar surface area (TPSA) is 43.1 Å². The molecule has 2 nitrogen and oxygen atoms in total. The van der Waals surface area contributed by atoms with Crippen molar-refractivity contribution in [1.82, 2.24) is 0 Å². The van der Waals surface area contributed by atoms with Gasteiger partial charge in [0.2, 0.25) is 5.91 Å². The standard InChI is InChI=1S/C32H45NO/c1-2-3-4-5-6-7-8-9-10-11-12-13-20-25-30(26-28-21-16-14-17-22-28)31(32(33)34)27-29-23-18-15-19-24-29/h14-19,21-24,26-27H,2-13,20,25H2,1H3,(H2,33,34)/b30-26+,31-27-. The van der Waals surface area contributed by atoms with Gasteiger partial charge in [0.05, 0.1) is 0 Å². The first-order chi connectivity index (χ1) is 16.7. The van der Waals surface area contributed by atoms with Gasteiger partial charge in [0.1, 0.15) is 0 Å². The van der Waals surface area contributed by atoms with Crippen molar-refractivity contribution in [2.24, 2.45) is 5.73 Å². The fraction of sp³-hybridized carbons (Fsp3) is 0.469. The Morgan fingerprint density at radius 3 is 1.47 bits per heavy atom. The minimum Gasteiger partial charge on any atom is -0.366 e. The molecule has 0 aromatic heterocycles. The number of carbonyl (C=O) groups is 1. The first kappa shape index (κ1) is 27.6. The Hall–Kier alpha value is -2.61. The first-order valence-electron chi connectivity index (χ1n) is 13.5. The third-order valence-electron chi connectivity index (χ3n) is 6.41. The molecule has 0 unspecified atom stereocenters. The second-order valence-electron chi connectivity index (χ2n) is 9.41. The molecule has 2 N–H and O–H groups in total. The van der Waals surface area contributed by atoms with E-state index in [0.717, 1.165) is 29.5 Å². The van der Waals surface area contributed by atoms with Crippen LogP contribution in [0.4, 0.5) is 0 Å². The Kier molecular flexibility index (Phi) is 14.5. The molecule has 0 radical (unpaired) electrons. The zero-order valence-electron chi connectivity index (χ0n) is 21.3. The third kappa shape index (κ3) is 12.0. The zero-order valence-corrected chi connectivity index (χ0v) is 21.3. The summed E-state index contributed by atoms with van der Waals surface area (Å²) in [4.78, 5) is 12.4. The van der Waals surface area contributed by atoms with Crippen molar-refractivity contribution in [3.05, 3.63) is 82.9 Å². The van der Waals surface area contributed by atoms with Crippen molar-refractivity contribution in [1.29, 1.82) is 0 Å². The summed E-state index contributed by atoms with van der Waals surface area (Å²) in [6.07, 6.45) is 22.3. The van der Waals surface area contributed by atoms with Gasteiger partial charge >= 0.3 is 0 Å². The smallest absolute Gasteiger partial charge is 0.248 e. The number of nitrogens with two attached hydrogens (primary N) is 1. The molecule has 34 heavy (non-hydrogen) atoms. The van der Waals surface area contributed by atoms with Gasteiger partial charge in [-0.2, -0.15) is 0 Å². The monoisotopic (exact) mass is 459 g/mol. The summed E-state index contributed by atoms with van der Waals surface area (Å²) in [5.74, 6) is -0.360.